The van der Waals surface area contributed by atoms with E-state index in [0.29, 0.717) is 18.0 Å². The van der Waals surface area contributed by atoms with Crippen LogP contribution in [-0.4, -0.2) is 18.5 Å². The maximum atomic E-state index is 12.2. The Morgan fingerprint density at radius 2 is 2.17 bits per heavy atom. The van der Waals surface area contributed by atoms with Crippen LogP contribution in [0.25, 0.3) is 0 Å². The van der Waals surface area contributed by atoms with Crippen molar-refractivity contribution in [2.75, 3.05) is 6.54 Å². The van der Waals surface area contributed by atoms with Gasteiger partial charge >= 0.3 is 0 Å². The van der Waals surface area contributed by atoms with E-state index >= 15 is 0 Å². The highest BCUT2D eigenvalue weighted by molar-refractivity contribution is 14.1. The van der Waals surface area contributed by atoms with Gasteiger partial charge in [0.1, 0.15) is 0 Å². The molecule has 0 fully saturated rings. The van der Waals surface area contributed by atoms with Crippen LogP contribution in [0.2, 0.25) is 0 Å². The molecule has 0 aliphatic carbocycles. The summed E-state index contributed by atoms with van der Waals surface area (Å²) in [4.78, 5) is 12.2. The molecular weight excluding hydrogens is 407 g/mol. The minimum atomic E-state index is -0.0585. The number of carbonyl (C=O) groups excluding carboxylic acids is 1. The van der Waals surface area contributed by atoms with Gasteiger partial charge < -0.3 is 11.1 Å². The lowest BCUT2D eigenvalue weighted by Crippen LogP contribution is -2.41. The summed E-state index contributed by atoms with van der Waals surface area (Å²) in [5.41, 5.74) is 6.38. The molecule has 0 bridgehead atoms. The van der Waals surface area contributed by atoms with Crippen molar-refractivity contribution >= 4 is 44.4 Å². The maximum Gasteiger partial charge on any atom is 0.252 e. The Kier molecular flexibility index (Phi) is 6.59. The van der Waals surface area contributed by atoms with Gasteiger partial charge in [-0.1, -0.05) is 29.8 Å². The van der Waals surface area contributed by atoms with E-state index in [1.54, 1.807) is 0 Å². The van der Waals surface area contributed by atoms with Gasteiger partial charge in [0.05, 0.1) is 5.56 Å². The van der Waals surface area contributed by atoms with Gasteiger partial charge in [-0.2, -0.15) is 0 Å². The fraction of sp³-hybridized carbons (Fsp3) is 0.462. The summed E-state index contributed by atoms with van der Waals surface area (Å²) in [6.07, 6.45) is 0.896. The van der Waals surface area contributed by atoms with Crippen LogP contribution in [0.3, 0.4) is 0 Å². The van der Waals surface area contributed by atoms with Gasteiger partial charge in [0.2, 0.25) is 0 Å². The second-order valence-electron chi connectivity index (χ2n) is 4.66. The largest absolute Gasteiger partial charge is 0.348 e. The first-order valence-electron chi connectivity index (χ1n) is 5.90. The second-order valence-corrected chi connectivity index (χ2v) is 6.74. The molecule has 3 nitrogen and oxygen atoms in total. The van der Waals surface area contributed by atoms with E-state index in [0.717, 1.165) is 14.5 Å². The number of nitrogens with one attached hydrogen (secondary N) is 1. The first kappa shape index (κ1) is 15.9. The summed E-state index contributed by atoms with van der Waals surface area (Å²) in [6, 6.07) is 5.71. The Bertz CT molecular complexity index is 423. The van der Waals surface area contributed by atoms with Crippen molar-refractivity contribution in [2.24, 2.45) is 11.7 Å². The summed E-state index contributed by atoms with van der Waals surface area (Å²) >= 11 is 5.54. The van der Waals surface area contributed by atoms with Crippen LogP contribution >= 0.6 is 38.5 Å². The number of hydrogen-bond acceptors (Lipinski definition) is 2. The summed E-state index contributed by atoms with van der Waals surface area (Å²) in [7, 11) is 0. The van der Waals surface area contributed by atoms with Crippen molar-refractivity contribution in [3.05, 3.63) is 31.8 Å². The average Bonchev–Trinajstić information content (AvgIpc) is 2.30. The minimum Gasteiger partial charge on any atom is -0.348 e. The molecule has 0 aliphatic rings. The first-order chi connectivity index (χ1) is 8.43. The van der Waals surface area contributed by atoms with Gasteiger partial charge in [-0.25, -0.2) is 0 Å². The topological polar surface area (TPSA) is 55.1 Å². The fourth-order valence-electron chi connectivity index (χ4n) is 1.72. The lowest BCUT2D eigenvalue weighted by molar-refractivity contribution is 0.0933. The van der Waals surface area contributed by atoms with Gasteiger partial charge in [0, 0.05) is 20.6 Å². The molecule has 0 saturated heterocycles. The lowest BCUT2D eigenvalue weighted by atomic mass is 10.0. The number of carbonyl (C=O) groups is 1. The van der Waals surface area contributed by atoms with Crippen LogP contribution in [-0.2, 0) is 0 Å². The van der Waals surface area contributed by atoms with E-state index in [2.05, 4.69) is 57.7 Å². The highest BCUT2D eigenvalue weighted by atomic mass is 127. The third-order valence-corrected chi connectivity index (χ3v) is 3.98. The van der Waals surface area contributed by atoms with Gasteiger partial charge in [-0.3, -0.25) is 4.79 Å². The number of halogens is 2. The third kappa shape index (κ3) is 4.85. The number of rotatable bonds is 5. The number of hydrogen-bond donors (Lipinski definition) is 2. The molecule has 0 radical (unpaired) electrons. The SMILES string of the molecule is CC(C)CC(CN)NC(=O)c1cc(Br)ccc1I. The minimum absolute atomic E-state index is 0.0345. The van der Waals surface area contributed by atoms with Gasteiger partial charge in [-0.05, 0) is 53.1 Å². The smallest absolute Gasteiger partial charge is 0.252 e. The molecule has 1 atom stereocenters. The van der Waals surface area contributed by atoms with Crippen molar-refractivity contribution in [1.29, 1.82) is 0 Å². The van der Waals surface area contributed by atoms with E-state index in [1.807, 2.05) is 18.2 Å². The van der Waals surface area contributed by atoms with Crippen LogP contribution < -0.4 is 11.1 Å². The van der Waals surface area contributed by atoms with Gasteiger partial charge in [0.15, 0.2) is 0 Å². The molecule has 0 saturated carbocycles. The molecule has 1 aromatic carbocycles. The van der Waals surface area contributed by atoms with Gasteiger partial charge in [0.25, 0.3) is 5.91 Å². The monoisotopic (exact) mass is 424 g/mol. The average molecular weight is 425 g/mol. The van der Waals surface area contributed by atoms with E-state index in [-0.39, 0.29) is 11.9 Å². The third-order valence-electron chi connectivity index (χ3n) is 2.55. The summed E-state index contributed by atoms with van der Waals surface area (Å²) < 4.78 is 1.84. The normalized spacial score (nSPS) is 12.6. The van der Waals surface area contributed by atoms with Crippen LogP contribution in [0.4, 0.5) is 0 Å². The molecule has 0 spiro atoms. The zero-order valence-electron chi connectivity index (χ0n) is 10.5. The molecule has 5 heteroatoms. The molecular formula is C13H18BrIN2O. The fourth-order valence-corrected chi connectivity index (χ4v) is 2.66. The highest BCUT2D eigenvalue weighted by Gasteiger charge is 2.16. The van der Waals surface area contributed by atoms with Crippen LogP contribution in [0, 0.1) is 9.49 Å². The quantitative estimate of drug-likeness (QED) is 0.713. The van der Waals surface area contributed by atoms with E-state index in [4.69, 9.17) is 5.73 Å². The van der Waals surface area contributed by atoms with Crippen LogP contribution in [0.15, 0.2) is 22.7 Å². The Morgan fingerprint density at radius 3 is 2.72 bits per heavy atom. The van der Waals surface area contributed by atoms with E-state index in [9.17, 15) is 4.79 Å². The molecule has 1 amide bonds. The van der Waals surface area contributed by atoms with Crippen LogP contribution in [0.5, 0.6) is 0 Å². The standard InChI is InChI=1S/C13H18BrIN2O/c1-8(2)5-10(7-16)17-13(18)11-6-9(14)3-4-12(11)15/h3-4,6,8,10H,5,7,16H2,1-2H3,(H,17,18). The zero-order chi connectivity index (χ0) is 13.7. The molecule has 1 unspecified atom stereocenters. The number of nitrogens with two attached hydrogens (primary N) is 1. The Hall–Kier alpha value is -0.140. The molecule has 1 aromatic rings. The van der Waals surface area contributed by atoms with Crippen molar-refractivity contribution in [2.45, 2.75) is 26.3 Å². The Morgan fingerprint density at radius 1 is 1.50 bits per heavy atom. The number of benzene rings is 1. The van der Waals surface area contributed by atoms with Crippen LogP contribution in [0.1, 0.15) is 30.6 Å². The van der Waals surface area contributed by atoms with Crippen molar-refractivity contribution in [3.8, 4) is 0 Å². The zero-order valence-corrected chi connectivity index (χ0v) is 14.3. The maximum absolute atomic E-state index is 12.2. The molecule has 0 heterocycles. The molecule has 3 N–H and O–H groups in total. The van der Waals surface area contributed by atoms with Gasteiger partial charge in [-0.15, -0.1) is 0 Å². The predicted molar refractivity (Wildman–Crippen MR) is 86.6 cm³/mol. The van der Waals surface area contributed by atoms with Crippen molar-refractivity contribution in [3.63, 3.8) is 0 Å². The Balaban J connectivity index is 2.77. The molecule has 18 heavy (non-hydrogen) atoms. The first-order valence-corrected chi connectivity index (χ1v) is 7.77. The number of amides is 1. The summed E-state index contributed by atoms with van der Waals surface area (Å²) in [5.74, 6) is 0.456. The summed E-state index contributed by atoms with van der Waals surface area (Å²) in [6.45, 7) is 4.71. The lowest BCUT2D eigenvalue weighted by Gasteiger charge is -2.19. The van der Waals surface area contributed by atoms with Crippen molar-refractivity contribution in [1.82, 2.24) is 5.32 Å². The molecule has 1 rings (SSSR count). The Labute approximate surface area is 130 Å². The molecule has 0 aromatic heterocycles. The predicted octanol–water partition coefficient (Wildman–Crippen LogP) is 3.16. The van der Waals surface area contributed by atoms with E-state index in [1.165, 1.54) is 0 Å². The summed E-state index contributed by atoms with van der Waals surface area (Å²) in [5, 5.41) is 2.99. The van der Waals surface area contributed by atoms with Crippen molar-refractivity contribution < 1.29 is 4.79 Å². The van der Waals surface area contributed by atoms with E-state index < -0.39 is 0 Å². The second kappa shape index (κ2) is 7.45. The molecule has 0 aliphatic heterocycles. The highest BCUT2D eigenvalue weighted by Crippen LogP contribution is 2.18. The molecule has 100 valence electrons.